The van der Waals surface area contributed by atoms with Crippen molar-refractivity contribution in [1.29, 1.82) is 0 Å². The summed E-state index contributed by atoms with van der Waals surface area (Å²) in [6, 6.07) is 0. The highest BCUT2D eigenvalue weighted by molar-refractivity contribution is 5.60. The quantitative estimate of drug-likeness (QED) is 0.364. The van der Waals surface area contributed by atoms with Gasteiger partial charge in [0, 0.05) is 0 Å². The third-order valence-corrected chi connectivity index (χ3v) is 3.50. The summed E-state index contributed by atoms with van der Waals surface area (Å²) >= 11 is 0. The SMILES string of the molecule is C=C(C)COCc1nnnn1C(C)OC(=O)OC(C)n1nnnc1COCC(=C)C. The number of nitrogens with zero attached hydrogens (tertiary/aromatic N) is 8. The van der Waals surface area contributed by atoms with E-state index >= 15 is 0 Å². The highest BCUT2D eigenvalue weighted by atomic mass is 16.7. The number of hydrogen-bond acceptors (Lipinski definition) is 11. The third-order valence-electron chi connectivity index (χ3n) is 3.50. The summed E-state index contributed by atoms with van der Waals surface area (Å²) in [5, 5.41) is 22.5. The van der Waals surface area contributed by atoms with Crippen LogP contribution in [0.25, 0.3) is 0 Å². The van der Waals surface area contributed by atoms with Crippen LogP contribution in [0.3, 0.4) is 0 Å². The highest BCUT2D eigenvalue weighted by Crippen LogP contribution is 2.14. The Morgan fingerprint density at radius 3 is 1.63 bits per heavy atom. The zero-order valence-electron chi connectivity index (χ0n) is 17.5. The van der Waals surface area contributed by atoms with Gasteiger partial charge in [0.15, 0.2) is 24.1 Å². The van der Waals surface area contributed by atoms with Gasteiger partial charge < -0.3 is 18.9 Å². The smallest absolute Gasteiger partial charge is 0.408 e. The van der Waals surface area contributed by atoms with Gasteiger partial charge in [-0.05, 0) is 48.5 Å². The van der Waals surface area contributed by atoms with E-state index in [0.29, 0.717) is 24.9 Å². The van der Waals surface area contributed by atoms with E-state index in [1.165, 1.54) is 9.36 Å². The maximum atomic E-state index is 12.2. The normalized spacial score (nSPS) is 12.9. The van der Waals surface area contributed by atoms with E-state index in [1.54, 1.807) is 13.8 Å². The first kappa shape index (κ1) is 23.1. The Labute approximate surface area is 173 Å². The lowest BCUT2D eigenvalue weighted by Crippen LogP contribution is -2.23. The summed E-state index contributed by atoms with van der Waals surface area (Å²) in [6.07, 6.45) is -2.59. The second-order valence-corrected chi connectivity index (χ2v) is 6.66. The van der Waals surface area contributed by atoms with Gasteiger partial charge in [0.1, 0.15) is 13.2 Å². The molecule has 13 nitrogen and oxygen atoms in total. The van der Waals surface area contributed by atoms with Crippen LogP contribution in [-0.2, 0) is 32.2 Å². The van der Waals surface area contributed by atoms with Crippen molar-refractivity contribution in [2.75, 3.05) is 13.2 Å². The topological polar surface area (TPSA) is 141 Å². The fourth-order valence-electron chi connectivity index (χ4n) is 2.22. The third kappa shape index (κ3) is 7.00. The second-order valence-electron chi connectivity index (χ2n) is 6.66. The monoisotopic (exact) mass is 422 g/mol. The molecular weight excluding hydrogens is 396 g/mol. The summed E-state index contributed by atoms with van der Waals surface area (Å²) < 4.78 is 24.0. The molecule has 0 saturated heterocycles. The van der Waals surface area contributed by atoms with E-state index in [-0.39, 0.29) is 13.2 Å². The fraction of sp³-hybridized carbons (Fsp3) is 0.588. The lowest BCUT2D eigenvalue weighted by molar-refractivity contribution is -0.0421. The first-order valence-electron chi connectivity index (χ1n) is 9.13. The van der Waals surface area contributed by atoms with Crippen LogP contribution < -0.4 is 0 Å². The van der Waals surface area contributed by atoms with Crippen LogP contribution in [0.4, 0.5) is 4.79 Å². The number of aromatic nitrogens is 8. The number of tetrazole rings is 2. The molecule has 2 heterocycles. The molecule has 30 heavy (non-hydrogen) atoms. The van der Waals surface area contributed by atoms with Gasteiger partial charge in [-0.25, -0.2) is 4.79 Å². The number of carbonyl (C=O) groups is 1. The molecule has 0 fully saturated rings. The zero-order valence-corrected chi connectivity index (χ0v) is 17.5. The first-order valence-corrected chi connectivity index (χ1v) is 9.13. The molecule has 0 amide bonds. The standard InChI is InChI=1S/C17H26N8O5/c1-11(2)7-27-9-15-18-20-22-24(15)13(5)29-17(26)30-14(6)25-16(19-21-23-25)10-28-8-12(3)4/h13-14H,1,3,7-10H2,2,4-6H3. The number of rotatable bonds is 12. The minimum absolute atomic E-state index is 0.136. The highest BCUT2D eigenvalue weighted by Gasteiger charge is 2.22. The Kier molecular flexibility index (Phi) is 8.55. The van der Waals surface area contributed by atoms with Gasteiger partial charge in [0.05, 0.1) is 13.2 Å². The van der Waals surface area contributed by atoms with Crippen molar-refractivity contribution in [1.82, 2.24) is 40.4 Å². The number of carbonyl (C=O) groups excluding carboxylic acids is 1. The average Bonchev–Trinajstić information content (AvgIpc) is 3.30. The van der Waals surface area contributed by atoms with Crippen LogP contribution in [0.2, 0.25) is 0 Å². The van der Waals surface area contributed by atoms with Crippen molar-refractivity contribution < 1.29 is 23.7 Å². The molecule has 0 spiro atoms. The maximum absolute atomic E-state index is 12.2. The van der Waals surface area contributed by atoms with Crippen LogP contribution >= 0.6 is 0 Å². The zero-order chi connectivity index (χ0) is 22.1. The Hall–Kier alpha value is -3.19. The molecule has 13 heteroatoms. The molecule has 2 rings (SSSR count). The Morgan fingerprint density at radius 1 is 0.867 bits per heavy atom. The van der Waals surface area contributed by atoms with Gasteiger partial charge in [-0.15, -0.1) is 10.2 Å². The minimum Gasteiger partial charge on any atom is -0.408 e. The molecule has 2 aromatic rings. The predicted molar refractivity (Wildman–Crippen MR) is 102 cm³/mol. The molecule has 2 aromatic heterocycles. The molecular formula is C17H26N8O5. The van der Waals surface area contributed by atoms with E-state index in [2.05, 4.69) is 44.2 Å². The molecule has 0 bridgehead atoms. The van der Waals surface area contributed by atoms with E-state index < -0.39 is 18.6 Å². The summed E-state index contributed by atoms with van der Waals surface area (Å²) in [4.78, 5) is 12.2. The van der Waals surface area contributed by atoms with Crippen molar-refractivity contribution in [3.8, 4) is 0 Å². The lowest BCUT2D eigenvalue weighted by atomic mass is 10.4. The van der Waals surface area contributed by atoms with Crippen LogP contribution in [0.1, 0.15) is 51.8 Å². The molecule has 0 aliphatic heterocycles. The average molecular weight is 422 g/mol. The van der Waals surface area contributed by atoms with Gasteiger partial charge in [-0.3, -0.25) is 0 Å². The molecule has 0 saturated carbocycles. The Balaban J connectivity index is 1.89. The molecule has 164 valence electrons. The summed E-state index contributed by atoms with van der Waals surface area (Å²) in [7, 11) is 0. The molecule has 2 atom stereocenters. The van der Waals surface area contributed by atoms with E-state index in [4.69, 9.17) is 18.9 Å². The van der Waals surface area contributed by atoms with Crippen LogP contribution in [0.5, 0.6) is 0 Å². The molecule has 0 aliphatic carbocycles. The minimum atomic E-state index is -0.941. The molecule has 2 unspecified atom stereocenters. The molecule has 0 aliphatic rings. The number of hydrogen-bond donors (Lipinski definition) is 0. The second kappa shape index (κ2) is 11.1. The van der Waals surface area contributed by atoms with E-state index in [1.807, 2.05) is 13.8 Å². The van der Waals surface area contributed by atoms with E-state index in [9.17, 15) is 4.79 Å². The largest absolute Gasteiger partial charge is 0.512 e. The van der Waals surface area contributed by atoms with Crippen molar-refractivity contribution in [3.05, 3.63) is 36.0 Å². The van der Waals surface area contributed by atoms with Gasteiger partial charge in [-0.1, -0.05) is 24.3 Å². The van der Waals surface area contributed by atoms with E-state index in [0.717, 1.165) is 11.1 Å². The summed E-state index contributed by atoms with van der Waals surface area (Å²) in [5.74, 6) is 0.782. The Bertz CT molecular complexity index is 796. The first-order chi connectivity index (χ1) is 14.3. The predicted octanol–water partition coefficient (Wildman–Crippen LogP) is 1.74. The van der Waals surface area contributed by atoms with Crippen molar-refractivity contribution in [3.63, 3.8) is 0 Å². The van der Waals surface area contributed by atoms with Crippen LogP contribution in [0.15, 0.2) is 24.3 Å². The summed E-state index contributed by atoms with van der Waals surface area (Å²) in [5.41, 5.74) is 1.73. The lowest BCUT2D eigenvalue weighted by Gasteiger charge is -2.17. The maximum Gasteiger partial charge on any atom is 0.512 e. The van der Waals surface area contributed by atoms with Crippen LogP contribution in [-0.4, -0.2) is 59.8 Å². The van der Waals surface area contributed by atoms with Gasteiger partial charge >= 0.3 is 6.16 Å². The molecule has 0 aromatic carbocycles. The van der Waals surface area contributed by atoms with Gasteiger partial charge in [-0.2, -0.15) is 9.36 Å². The summed E-state index contributed by atoms with van der Waals surface area (Å²) in [6.45, 7) is 15.4. The van der Waals surface area contributed by atoms with Crippen molar-refractivity contribution in [2.24, 2.45) is 0 Å². The molecule has 0 radical (unpaired) electrons. The fourth-order valence-corrected chi connectivity index (χ4v) is 2.22. The van der Waals surface area contributed by atoms with Crippen molar-refractivity contribution in [2.45, 2.75) is 53.4 Å². The molecule has 0 N–H and O–H groups in total. The van der Waals surface area contributed by atoms with Gasteiger partial charge in [0.25, 0.3) is 0 Å². The number of ether oxygens (including phenoxy) is 4. The van der Waals surface area contributed by atoms with Crippen molar-refractivity contribution >= 4 is 6.16 Å². The Morgan fingerprint density at radius 2 is 1.27 bits per heavy atom. The van der Waals surface area contributed by atoms with Gasteiger partial charge in [0.2, 0.25) is 0 Å². The van der Waals surface area contributed by atoms with Crippen LogP contribution in [0, 0.1) is 0 Å².